The molecule has 94 valence electrons. The molecule has 0 saturated heterocycles. The van der Waals surface area contributed by atoms with Crippen molar-refractivity contribution in [2.24, 2.45) is 5.92 Å². The van der Waals surface area contributed by atoms with Crippen LogP contribution in [0.4, 0.5) is 4.39 Å². The van der Waals surface area contributed by atoms with Crippen LogP contribution in [0.3, 0.4) is 0 Å². The van der Waals surface area contributed by atoms with Gasteiger partial charge in [-0.3, -0.25) is 0 Å². The molecule has 0 aromatic carbocycles. The molecule has 0 radical (unpaired) electrons. The van der Waals surface area contributed by atoms with Crippen molar-refractivity contribution in [2.45, 2.75) is 45.1 Å². The molecule has 2 atom stereocenters. The summed E-state index contributed by atoms with van der Waals surface area (Å²) in [7, 11) is 0. The predicted octanol–water partition coefficient (Wildman–Crippen LogP) is 4.33. The first-order valence-electron chi connectivity index (χ1n) is 6.18. The van der Waals surface area contributed by atoms with Crippen LogP contribution in [-0.4, -0.2) is 11.1 Å². The third kappa shape index (κ3) is 3.18. The molecular formula is C13H17BrFNO. The van der Waals surface area contributed by atoms with Gasteiger partial charge >= 0.3 is 0 Å². The van der Waals surface area contributed by atoms with E-state index in [0.717, 1.165) is 12.8 Å². The lowest BCUT2D eigenvalue weighted by atomic mass is 9.85. The summed E-state index contributed by atoms with van der Waals surface area (Å²) in [4.78, 5) is 4.00. The first kappa shape index (κ1) is 12.8. The lowest BCUT2D eigenvalue weighted by molar-refractivity contribution is 0.0814. The highest BCUT2D eigenvalue weighted by Gasteiger charge is 2.26. The second-order valence-corrected chi connectivity index (χ2v) is 5.47. The van der Waals surface area contributed by atoms with E-state index in [1.165, 1.54) is 25.3 Å². The Balaban J connectivity index is 2.08. The second kappa shape index (κ2) is 5.80. The summed E-state index contributed by atoms with van der Waals surface area (Å²) in [6.07, 6.45) is 7.39. The molecule has 2 nitrogen and oxygen atoms in total. The Morgan fingerprint density at radius 3 is 2.94 bits per heavy atom. The van der Waals surface area contributed by atoms with Gasteiger partial charge in [0.05, 0.1) is 0 Å². The largest absolute Gasteiger partial charge is 0.472 e. The lowest BCUT2D eigenvalue weighted by Crippen LogP contribution is -2.30. The van der Waals surface area contributed by atoms with E-state index in [1.807, 2.05) is 0 Å². The first-order chi connectivity index (χ1) is 8.20. The van der Waals surface area contributed by atoms with Crippen LogP contribution >= 0.6 is 15.9 Å². The van der Waals surface area contributed by atoms with Crippen LogP contribution in [0.2, 0.25) is 0 Å². The van der Waals surface area contributed by atoms with E-state index < -0.39 is 0 Å². The summed E-state index contributed by atoms with van der Waals surface area (Å²) in [5, 5.41) is 0. The summed E-state index contributed by atoms with van der Waals surface area (Å²) < 4.78 is 20.0. The van der Waals surface area contributed by atoms with Crippen LogP contribution in [0.5, 0.6) is 5.88 Å². The Bertz CT molecular complexity index is 386. The molecule has 0 spiro atoms. The Labute approximate surface area is 110 Å². The minimum absolute atomic E-state index is 0.122. The van der Waals surface area contributed by atoms with E-state index >= 15 is 0 Å². The molecular weight excluding hydrogens is 285 g/mol. The quantitative estimate of drug-likeness (QED) is 0.829. The maximum atomic E-state index is 13.6. The summed E-state index contributed by atoms with van der Waals surface area (Å²) in [6, 6.07) is 1.39. The normalized spacial score (nSPS) is 24.6. The fourth-order valence-corrected chi connectivity index (χ4v) is 2.73. The van der Waals surface area contributed by atoms with Gasteiger partial charge in [0.25, 0.3) is 5.88 Å². The molecule has 2 unspecified atom stereocenters. The standard InChI is InChI=1S/C13H17BrFNO/c1-2-9-5-3-4-6-12(9)17-13-11(15)7-10(14)8-16-13/h7-9,12H,2-6H2,1H3. The third-order valence-electron chi connectivity index (χ3n) is 3.40. The second-order valence-electron chi connectivity index (χ2n) is 4.55. The summed E-state index contributed by atoms with van der Waals surface area (Å²) in [5.74, 6) is 0.284. The van der Waals surface area contributed by atoms with E-state index in [2.05, 4.69) is 27.8 Å². The van der Waals surface area contributed by atoms with Gasteiger partial charge in [-0.1, -0.05) is 13.3 Å². The Morgan fingerprint density at radius 1 is 1.47 bits per heavy atom. The molecule has 0 aliphatic heterocycles. The molecule has 1 aromatic rings. The van der Waals surface area contributed by atoms with Crippen molar-refractivity contribution in [3.63, 3.8) is 0 Å². The number of hydrogen-bond donors (Lipinski definition) is 0. The fourth-order valence-electron chi connectivity index (χ4n) is 2.43. The van der Waals surface area contributed by atoms with E-state index in [0.29, 0.717) is 10.4 Å². The van der Waals surface area contributed by atoms with Crippen molar-refractivity contribution >= 4 is 15.9 Å². The molecule has 0 bridgehead atoms. The minimum atomic E-state index is -0.389. The molecule has 1 fully saturated rings. The zero-order valence-corrected chi connectivity index (χ0v) is 11.5. The maximum absolute atomic E-state index is 13.6. The van der Waals surface area contributed by atoms with Crippen LogP contribution < -0.4 is 4.74 Å². The minimum Gasteiger partial charge on any atom is -0.472 e. The average Bonchev–Trinajstić information content (AvgIpc) is 2.33. The van der Waals surface area contributed by atoms with Crippen molar-refractivity contribution < 1.29 is 9.13 Å². The van der Waals surface area contributed by atoms with Gasteiger partial charge in [-0.15, -0.1) is 0 Å². The number of rotatable bonds is 3. The van der Waals surface area contributed by atoms with Gasteiger partial charge < -0.3 is 4.74 Å². The Kier molecular flexibility index (Phi) is 4.37. The van der Waals surface area contributed by atoms with E-state index in [-0.39, 0.29) is 17.8 Å². The SMILES string of the molecule is CCC1CCCCC1Oc1ncc(Br)cc1F. The van der Waals surface area contributed by atoms with Crippen molar-refractivity contribution in [1.29, 1.82) is 0 Å². The van der Waals surface area contributed by atoms with Gasteiger partial charge in [-0.25, -0.2) is 9.37 Å². The highest BCUT2D eigenvalue weighted by Crippen LogP contribution is 2.31. The first-order valence-corrected chi connectivity index (χ1v) is 6.97. The third-order valence-corrected chi connectivity index (χ3v) is 3.83. The highest BCUT2D eigenvalue weighted by atomic mass is 79.9. The number of aromatic nitrogens is 1. The van der Waals surface area contributed by atoms with Gasteiger partial charge in [0.1, 0.15) is 6.10 Å². The monoisotopic (exact) mass is 301 g/mol. The molecule has 1 aliphatic rings. The number of pyridine rings is 1. The topological polar surface area (TPSA) is 22.1 Å². The maximum Gasteiger partial charge on any atom is 0.250 e. The van der Waals surface area contributed by atoms with Crippen molar-refractivity contribution in [3.8, 4) is 5.88 Å². The number of halogens is 2. The van der Waals surface area contributed by atoms with Crippen molar-refractivity contribution in [2.75, 3.05) is 0 Å². The van der Waals surface area contributed by atoms with Gasteiger partial charge in [0.15, 0.2) is 5.82 Å². The van der Waals surface area contributed by atoms with Crippen LogP contribution in [0.25, 0.3) is 0 Å². The molecule has 0 amide bonds. The Hall–Kier alpha value is -0.640. The summed E-state index contributed by atoms with van der Waals surface area (Å²) >= 11 is 3.19. The molecule has 1 heterocycles. The van der Waals surface area contributed by atoms with Crippen LogP contribution in [-0.2, 0) is 0 Å². The smallest absolute Gasteiger partial charge is 0.250 e. The van der Waals surface area contributed by atoms with Crippen molar-refractivity contribution in [3.05, 3.63) is 22.6 Å². The van der Waals surface area contributed by atoms with Gasteiger partial charge in [0.2, 0.25) is 0 Å². The molecule has 17 heavy (non-hydrogen) atoms. The van der Waals surface area contributed by atoms with E-state index in [1.54, 1.807) is 6.20 Å². The molecule has 4 heteroatoms. The fraction of sp³-hybridized carbons (Fsp3) is 0.615. The average molecular weight is 302 g/mol. The molecule has 1 aromatic heterocycles. The predicted molar refractivity (Wildman–Crippen MR) is 68.6 cm³/mol. The van der Waals surface area contributed by atoms with Crippen LogP contribution in [0.15, 0.2) is 16.7 Å². The number of hydrogen-bond acceptors (Lipinski definition) is 2. The van der Waals surface area contributed by atoms with Crippen LogP contribution in [0, 0.1) is 11.7 Å². The van der Waals surface area contributed by atoms with Gasteiger partial charge in [0, 0.05) is 10.7 Å². The summed E-state index contributed by atoms with van der Waals surface area (Å²) in [6.45, 7) is 2.16. The van der Waals surface area contributed by atoms with Gasteiger partial charge in [-0.05, 0) is 53.6 Å². The van der Waals surface area contributed by atoms with E-state index in [4.69, 9.17) is 4.74 Å². The number of nitrogens with zero attached hydrogens (tertiary/aromatic N) is 1. The highest BCUT2D eigenvalue weighted by molar-refractivity contribution is 9.10. The van der Waals surface area contributed by atoms with Gasteiger partial charge in [-0.2, -0.15) is 0 Å². The van der Waals surface area contributed by atoms with Crippen molar-refractivity contribution in [1.82, 2.24) is 4.98 Å². The molecule has 1 aliphatic carbocycles. The lowest BCUT2D eigenvalue weighted by Gasteiger charge is -2.30. The zero-order chi connectivity index (χ0) is 12.3. The molecule has 0 N–H and O–H groups in total. The molecule has 2 rings (SSSR count). The van der Waals surface area contributed by atoms with Crippen LogP contribution in [0.1, 0.15) is 39.0 Å². The zero-order valence-electron chi connectivity index (χ0n) is 9.96. The summed E-state index contributed by atoms with van der Waals surface area (Å²) in [5.41, 5.74) is 0. The number of ether oxygens (including phenoxy) is 1. The Morgan fingerprint density at radius 2 is 2.24 bits per heavy atom. The van der Waals surface area contributed by atoms with E-state index in [9.17, 15) is 4.39 Å². The molecule has 1 saturated carbocycles.